The fourth-order valence-electron chi connectivity index (χ4n) is 4.20. The van der Waals surface area contributed by atoms with E-state index in [0.717, 1.165) is 11.1 Å². The Morgan fingerprint density at radius 2 is 1.58 bits per heavy atom. The van der Waals surface area contributed by atoms with Crippen LogP contribution in [0.4, 0.5) is 5.69 Å². The van der Waals surface area contributed by atoms with Crippen molar-refractivity contribution in [2.75, 3.05) is 25.5 Å². The lowest BCUT2D eigenvalue weighted by molar-refractivity contribution is -0.130. The van der Waals surface area contributed by atoms with Gasteiger partial charge >= 0.3 is 0 Å². The molecule has 1 heterocycles. The zero-order valence-electron chi connectivity index (χ0n) is 20.0. The number of benzene rings is 3. The maximum absolute atomic E-state index is 13.5. The van der Waals surface area contributed by atoms with Crippen LogP contribution in [-0.2, 0) is 22.4 Å². The number of methoxy groups -OCH3 is 1. The number of hydrogen-bond donors (Lipinski definition) is 1. The van der Waals surface area contributed by atoms with Crippen molar-refractivity contribution in [2.24, 2.45) is 0 Å². The minimum absolute atomic E-state index is 0.00740. The number of anilines is 1. The maximum atomic E-state index is 13.5. The van der Waals surface area contributed by atoms with E-state index in [1.54, 1.807) is 36.3 Å². The predicted molar refractivity (Wildman–Crippen MR) is 146 cm³/mol. The smallest absolute Gasteiger partial charge is 0.252 e. The molecular formula is C28H28ClN3O3S. The first-order valence-corrected chi connectivity index (χ1v) is 12.6. The quantitative estimate of drug-likeness (QED) is 0.382. The van der Waals surface area contributed by atoms with Gasteiger partial charge in [-0.3, -0.25) is 14.5 Å². The summed E-state index contributed by atoms with van der Waals surface area (Å²) in [6.45, 7) is 0.990. The molecule has 1 N–H and O–H groups in total. The molecule has 1 aliphatic heterocycles. The Morgan fingerprint density at radius 3 is 2.25 bits per heavy atom. The molecule has 3 aromatic carbocycles. The first kappa shape index (κ1) is 25.7. The molecule has 1 saturated heterocycles. The van der Waals surface area contributed by atoms with Crippen LogP contribution in [0.15, 0.2) is 78.9 Å². The highest BCUT2D eigenvalue weighted by molar-refractivity contribution is 7.80. The first-order valence-electron chi connectivity index (χ1n) is 11.8. The molecule has 4 rings (SSSR count). The van der Waals surface area contributed by atoms with E-state index in [1.165, 1.54) is 0 Å². The topological polar surface area (TPSA) is 61.9 Å². The highest BCUT2D eigenvalue weighted by Gasteiger charge is 2.42. The number of nitrogens with one attached hydrogen (secondary N) is 1. The predicted octanol–water partition coefficient (Wildman–Crippen LogP) is 4.96. The molecule has 186 valence electrons. The molecule has 2 amide bonds. The number of carbonyl (C=O) groups excluding carboxylic acids is 2. The van der Waals surface area contributed by atoms with Gasteiger partial charge in [-0.15, -0.1) is 0 Å². The van der Waals surface area contributed by atoms with Crippen molar-refractivity contribution in [2.45, 2.75) is 25.3 Å². The van der Waals surface area contributed by atoms with Crippen LogP contribution in [0.1, 0.15) is 17.5 Å². The third-order valence-electron chi connectivity index (χ3n) is 6.18. The summed E-state index contributed by atoms with van der Waals surface area (Å²) in [7, 11) is 1.59. The van der Waals surface area contributed by atoms with E-state index in [4.69, 9.17) is 28.6 Å². The molecule has 0 aliphatic carbocycles. The summed E-state index contributed by atoms with van der Waals surface area (Å²) in [6.07, 6.45) is 1.36. The molecule has 8 heteroatoms. The lowest BCUT2D eigenvalue weighted by Gasteiger charge is -2.24. The average Bonchev–Trinajstić information content (AvgIpc) is 3.11. The molecule has 3 aromatic rings. The van der Waals surface area contributed by atoms with Crippen LogP contribution in [0.25, 0.3) is 0 Å². The van der Waals surface area contributed by atoms with E-state index < -0.39 is 6.04 Å². The number of hydrogen-bond acceptors (Lipinski definition) is 4. The highest BCUT2D eigenvalue weighted by Crippen LogP contribution is 2.23. The molecule has 1 atom stereocenters. The van der Waals surface area contributed by atoms with E-state index in [2.05, 4.69) is 5.32 Å². The van der Waals surface area contributed by atoms with Gasteiger partial charge in [0.1, 0.15) is 11.8 Å². The van der Waals surface area contributed by atoms with Gasteiger partial charge in [-0.05, 0) is 72.6 Å². The number of halogens is 1. The SMILES string of the molecule is COc1ccc(NC(=O)C[C@@H]2C(=O)N(CCc3ccccc3)C(=S)N2CCc2ccc(Cl)cc2)cc1. The van der Waals surface area contributed by atoms with Gasteiger partial charge in [0.05, 0.1) is 13.5 Å². The van der Waals surface area contributed by atoms with Crippen LogP contribution in [0.2, 0.25) is 5.02 Å². The van der Waals surface area contributed by atoms with Crippen LogP contribution in [-0.4, -0.2) is 53.0 Å². The molecule has 0 spiro atoms. The standard InChI is InChI=1S/C28H28ClN3O3S/c1-35-24-13-11-23(12-14-24)30-26(33)19-25-27(34)32(18-16-20-5-3-2-4-6-20)28(36)31(25)17-15-21-7-9-22(29)10-8-21/h2-14,25H,15-19H2,1H3,(H,30,33)/t25-/m1/s1. The van der Waals surface area contributed by atoms with Crippen LogP contribution in [0.5, 0.6) is 5.75 Å². The summed E-state index contributed by atoms with van der Waals surface area (Å²) in [5.41, 5.74) is 2.85. The second-order valence-corrected chi connectivity index (χ2v) is 9.38. The van der Waals surface area contributed by atoms with Crippen LogP contribution >= 0.6 is 23.8 Å². The summed E-state index contributed by atoms with van der Waals surface area (Å²) in [5, 5.41) is 4.02. The Kier molecular flexibility index (Phi) is 8.57. The van der Waals surface area contributed by atoms with Crippen molar-refractivity contribution in [3.63, 3.8) is 0 Å². The second kappa shape index (κ2) is 12.0. The third kappa shape index (κ3) is 6.42. The Bertz CT molecular complexity index is 1200. The molecule has 36 heavy (non-hydrogen) atoms. The van der Waals surface area contributed by atoms with Gasteiger partial charge in [-0.25, -0.2) is 0 Å². The summed E-state index contributed by atoms with van der Waals surface area (Å²) >= 11 is 11.8. The molecule has 1 fully saturated rings. The van der Waals surface area contributed by atoms with Gasteiger partial charge in [-0.2, -0.15) is 0 Å². The number of nitrogens with zero attached hydrogens (tertiary/aromatic N) is 2. The summed E-state index contributed by atoms with van der Waals surface area (Å²) in [6, 6.07) is 24.0. The molecule has 0 radical (unpaired) electrons. The number of ether oxygens (including phenoxy) is 1. The van der Waals surface area contributed by atoms with E-state index in [1.807, 2.05) is 59.5 Å². The lowest BCUT2D eigenvalue weighted by atomic mass is 10.1. The van der Waals surface area contributed by atoms with Gasteiger partial charge in [0.15, 0.2) is 5.11 Å². The largest absolute Gasteiger partial charge is 0.497 e. The van der Waals surface area contributed by atoms with Gasteiger partial charge in [0.2, 0.25) is 5.91 Å². The van der Waals surface area contributed by atoms with Gasteiger partial charge in [0, 0.05) is 23.8 Å². The zero-order chi connectivity index (χ0) is 25.5. The van der Waals surface area contributed by atoms with Crippen molar-refractivity contribution in [1.82, 2.24) is 9.80 Å². The van der Waals surface area contributed by atoms with Gasteiger partial charge in [0.25, 0.3) is 5.91 Å². The summed E-state index contributed by atoms with van der Waals surface area (Å²) in [5.74, 6) is 0.311. The van der Waals surface area contributed by atoms with Crippen molar-refractivity contribution in [3.8, 4) is 5.75 Å². The van der Waals surface area contributed by atoms with E-state index in [-0.39, 0.29) is 18.2 Å². The number of thiocarbonyl (C=S) groups is 1. The molecular weight excluding hydrogens is 494 g/mol. The minimum Gasteiger partial charge on any atom is -0.497 e. The molecule has 0 aromatic heterocycles. The zero-order valence-corrected chi connectivity index (χ0v) is 21.6. The van der Waals surface area contributed by atoms with E-state index in [9.17, 15) is 9.59 Å². The Balaban J connectivity index is 1.47. The normalized spacial score (nSPS) is 15.3. The van der Waals surface area contributed by atoms with Crippen molar-refractivity contribution >= 4 is 46.4 Å². The van der Waals surface area contributed by atoms with Crippen LogP contribution in [0.3, 0.4) is 0 Å². The third-order valence-corrected chi connectivity index (χ3v) is 6.88. The van der Waals surface area contributed by atoms with E-state index >= 15 is 0 Å². The number of rotatable bonds is 10. The first-order chi connectivity index (χ1) is 17.4. The van der Waals surface area contributed by atoms with Crippen molar-refractivity contribution < 1.29 is 14.3 Å². The fourth-order valence-corrected chi connectivity index (χ4v) is 4.72. The second-order valence-electron chi connectivity index (χ2n) is 8.57. The minimum atomic E-state index is -0.654. The van der Waals surface area contributed by atoms with Gasteiger partial charge in [-0.1, -0.05) is 54.1 Å². The maximum Gasteiger partial charge on any atom is 0.252 e. The van der Waals surface area contributed by atoms with Crippen LogP contribution in [0, 0.1) is 0 Å². The average molecular weight is 522 g/mol. The lowest BCUT2D eigenvalue weighted by Crippen LogP contribution is -2.39. The van der Waals surface area contributed by atoms with Crippen molar-refractivity contribution in [1.29, 1.82) is 0 Å². The summed E-state index contributed by atoms with van der Waals surface area (Å²) in [4.78, 5) is 29.9. The highest BCUT2D eigenvalue weighted by atomic mass is 35.5. The van der Waals surface area contributed by atoms with Crippen LogP contribution < -0.4 is 10.1 Å². The summed E-state index contributed by atoms with van der Waals surface area (Å²) < 4.78 is 5.17. The molecule has 0 bridgehead atoms. The number of carbonyl (C=O) groups is 2. The molecule has 6 nitrogen and oxygen atoms in total. The molecule has 0 unspecified atom stereocenters. The van der Waals surface area contributed by atoms with Crippen molar-refractivity contribution in [3.05, 3.63) is 95.0 Å². The Morgan fingerprint density at radius 1 is 0.944 bits per heavy atom. The Hall–Kier alpha value is -3.42. The number of amides is 2. The fraction of sp³-hybridized carbons (Fsp3) is 0.250. The van der Waals surface area contributed by atoms with Gasteiger partial charge < -0.3 is 15.0 Å². The molecule has 0 saturated carbocycles. The van der Waals surface area contributed by atoms with E-state index in [0.29, 0.717) is 47.5 Å². The molecule has 1 aliphatic rings. The Labute approximate surface area is 221 Å². The monoisotopic (exact) mass is 521 g/mol.